The van der Waals surface area contributed by atoms with Gasteiger partial charge in [-0.15, -0.1) is 0 Å². The van der Waals surface area contributed by atoms with Gasteiger partial charge in [0.25, 0.3) is 0 Å². The van der Waals surface area contributed by atoms with Crippen molar-refractivity contribution in [1.29, 1.82) is 0 Å². The third-order valence-corrected chi connectivity index (χ3v) is 2.84. The standard InChI is InChI=1S/C14H18N2O2/c1-16(2,3)13(14(17)18)8-10-9-15-12-7-5-4-6-11(10)12/h4-7,9,13,15H,8H2,1-3H3/p+1/t13-/m0/s1/i1D3,2D3,3D3. The van der Waals surface area contributed by atoms with Crippen molar-refractivity contribution in [3.05, 3.63) is 36.0 Å². The van der Waals surface area contributed by atoms with Gasteiger partial charge in [0.2, 0.25) is 0 Å². The molecule has 0 unspecified atom stereocenters. The maximum atomic E-state index is 12.0. The number of likely N-dealkylation sites (N-methyl/N-ethyl adjacent to an activating group) is 1. The summed E-state index contributed by atoms with van der Waals surface area (Å²) in [5.74, 6) is -1.82. The zero-order chi connectivity index (χ0) is 20.8. The molecule has 0 fully saturated rings. The van der Waals surface area contributed by atoms with Gasteiger partial charge in [0.15, 0.2) is 6.04 Å². The van der Waals surface area contributed by atoms with Crippen molar-refractivity contribution in [2.24, 2.45) is 0 Å². The Morgan fingerprint density at radius 3 is 2.83 bits per heavy atom. The van der Waals surface area contributed by atoms with E-state index in [0.29, 0.717) is 16.5 Å². The summed E-state index contributed by atoms with van der Waals surface area (Å²) >= 11 is 0. The summed E-state index contributed by atoms with van der Waals surface area (Å²) in [5.41, 5.74) is 0.949. The number of carbonyl (C=O) groups is 1. The molecule has 1 heterocycles. The van der Waals surface area contributed by atoms with E-state index in [-0.39, 0.29) is 0 Å². The molecule has 1 aromatic heterocycles. The minimum absolute atomic E-state index is 0.318. The van der Waals surface area contributed by atoms with Gasteiger partial charge in [-0.05, 0) is 11.6 Å². The van der Waals surface area contributed by atoms with Crippen LogP contribution in [-0.2, 0) is 11.2 Å². The second kappa shape index (κ2) is 4.46. The number of carboxylic acid groups (broad SMARTS) is 1. The number of hydrogen-bond acceptors (Lipinski definition) is 1. The predicted molar refractivity (Wildman–Crippen MR) is 71.5 cm³/mol. The first-order chi connectivity index (χ1) is 12.1. The number of nitrogens with zero attached hydrogens (tertiary/aromatic N) is 1. The van der Waals surface area contributed by atoms with Crippen LogP contribution in [0.25, 0.3) is 10.9 Å². The highest BCUT2D eigenvalue weighted by molar-refractivity contribution is 5.84. The highest BCUT2D eigenvalue weighted by Gasteiger charge is 2.32. The van der Waals surface area contributed by atoms with Crippen LogP contribution in [0.15, 0.2) is 30.5 Å². The molecule has 96 valence electrons. The normalized spacial score (nSPS) is 23.2. The van der Waals surface area contributed by atoms with E-state index in [0.717, 1.165) is 0 Å². The predicted octanol–water partition coefficient (Wildman–Crippen LogP) is 1.87. The Hall–Kier alpha value is -1.81. The molecular weight excluding hydrogens is 228 g/mol. The highest BCUT2D eigenvalue weighted by atomic mass is 16.4. The molecule has 1 aromatic carbocycles. The Balaban J connectivity index is 2.74. The van der Waals surface area contributed by atoms with Crippen molar-refractivity contribution in [3.8, 4) is 0 Å². The van der Waals surface area contributed by atoms with Gasteiger partial charge in [-0.3, -0.25) is 0 Å². The maximum Gasteiger partial charge on any atom is 0.362 e. The number of aliphatic carboxylic acids is 1. The maximum absolute atomic E-state index is 12.0. The molecule has 18 heavy (non-hydrogen) atoms. The molecule has 0 radical (unpaired) electrons. The van der Waals surface area contributed by atoms with Gasteiger partial charge in [0.1, 0.15) is 0 Å². The number of aromatic amines is 1. The Morgan fingerprint density at radius 2 is 2.17 bits per heavy atom. The fourth-order valence-corrected chi connectivity index (χ4v) is 1.90. The van der Waals surface area contributed by atoms with Crippen molar-refractivity contribution >= 4 is 16.9 Å². The van der Waals surface area contributed by atoms with Crippen LogP contribution in [0.2, 0.25) is 0 Å². The molecule has 0 saturated heterocycles. The molecule has 4 heteroatoms. The number of benzene rings is 1. The quantitative estimate of drug-likeness (QED) is 0.821. The fourth-order valence-electron chi connectivity index (χ4n) is 1.90. The van der Waals surface area contributed by atoms with Crippen LogP contribution in [0.3, 0.4) is 0 Å². The van der Waals surface area contributed by atoms with Gasteiger partial charge in [-0.2, -0.15) is 0 Å². The SMILES string of the molecule is [2H]C([2H])([2H])[N+]([C@@H](Cc1c[nH]c2ccccc12)C(=O)O)(C([2H])([2H])[2H])C([2H])([2H])[2H]. The van der Waals surface area contributed by atoms with Crippen molar-refractivity contribution in [2.75, 3.05) is 20.9 Å². The van der Waals surface area contributed by atoms with Crippen LogP contribution in [-0.4, -0.2) is 47.5 Å². The number of carboxylic acids is 1. The average molecular weight is 256 g/mol. The molecule has 0 spiro atoms. The average Bonchev–Trinajstić information content (AvgIpc) is 2.85. The summed E-state index contributed by atoms with van der Waals surface area (Å²) in [4.78, 5) is 14.9. The van der Waals surface area contributed by atoms with Gasteiger partial charge >= 0.3 is 5.97 Å². The summed E-state index contributed by atoms with van der Waals surface area (Å²) in [5, 5.41) is 10.3. The lowest BCUT2D eigenvalue weighted by atomic mass is 10.0. The van der Waals surface area contributed by atoms with Crippen molar-refractivity contribution < 1.29 is 26.7 Å². The van der Waals surface area contributed by atoms with E-state index in [1.807, 2.05) is 0 Å². The number of nitrogens with one attached hydrogen (secondary N) is 1. The lowest BCUT2D eigenvalue weighted by Gasteiger charge is -2.31. The van der Waals surface area contributed by atoms with E-state index in [4.69, 9.17) is 12.3 Å². The molecule has 2 rings (SSSR count). The number of hydrogen-bond donors (Lipinski definition) is 2. The second-order valence-electron chi connectivity index (χ2n) is 4.14. The third-order valence-electron chi connectivity index (χ3n) is 2.84. The summed E-state index contributed by atoms with van der Waals surface area (Å²) < 4.78 is 66.6. The van der Waals surface area contributed by atoms with Crippen molar-refractivity contribution in [3.63, 3.8) is 0 Å². The number of quaternary nitrogens is 1. The first kappa shape index (κ1) is 5.45. The molecule has 1 atom stereocenters. The lowest BCUT2D eigenvalue weighted by Crippen LogP contribution is -2.51. The van der Waals surface area contributed by atoms with Gasteiger partial charge in [0, 0.05) is 23.5 Å². The van der Waals surface area contributed by atoms with E-state index in [1.54, 1.807) is 24.3 Å². The molecule has 0 amide bonds. The largest absolute Gasteiger partial charge is 0.477 e. The fraction of sp³-hybridized carbons (Fsp3) is 0.357. The summed E-state index contributed by atoms with van der Waals surface area (Å²) in [7, 11) is 0. The van der Waals surface area contributed by atoms with Crippen LogP contribution < -0.4 is 0 Å². The Kier molecular flexibility index (Phi) is 1.35. The van der Waals surface area contributed by atoms with E-state index in [2.05, 4.69) is 4.98 Å². The summed E-state index contributed by atoms with van der Waals surface area (Å²) in [6, 6.07) is 4.50. The van der Waals surface area contributed by atoms with Gasteiger partial charge in [-0.1, -0.05) is 18.2 Å². The van der Waals surface area contributed by atoms with E-state index >= 15 is 0 Å². The molecule has 0 bridgehead atoms. The third kappa shape index (κ3) is 2.38. The zero-order valence-corrected chi connectivity index (χ0v) is 9.47. The topological polar surface area (TPSA) is 53.1 Å². The molecule has 4 nitrogen and oxygen atoms in total. The minimum Gasteiger partial charge on any atom is -0.477 e. The van der Waals surface area contributed by atoms with Gasteiger partial charge in [-0.25, -0.2) is 4.79 Å². The van der Waals surface area contributed by atoms with E-state index in [1.165, 1.54) is 6.20 Å². The smallest absolute Gasteiger partial charge is 0.362 e. The molecule has 0 aliphatic carbocycles. The number of para-hydroxylation sites is 1. The molecule has 2 aromatic rings. The van der Waals surface area contributed by atoms with Crippen LogP contribution in [0.1, 0.15) is 17.9 Å². The van der Waals surface area contributed by atoms with Crippen LogP contribution in [0, 0.1) is 0 Å². The summed E-state index contributed by atoms with van der Waals surface area (Å²) in [6.07, 6.45) is 0.836. The van der Waals surface area contributed by atoms with E-state index in [9.17, 15) is 9.90 Å². The van der Waals surface area contributed by atoms with Crippen LogP contribution in [0.4, 0.5) is 0 Å². The first-order valence-corrected chi connectivity index (χ1v) is 5.31. The van der Waals surface area contributed by atoms with Crippen molar-refractivity contribution in [1.82, 2.24) is 4.98 Å². The monoisotopic (exact) mass is 256 g/mol. The Bertz CT molecular complexity index is 799. The van der Waals surface area contributed by atoms with Crippen LogP contribution in [0.5, 0.6) is 0 Å². The second-order valence-corrected chi connectivity index (χ2v) is 4.14. The van der Waals surface area contributed by atoms with Crippen molar-refractivity contribution in [2.45, 2.75) is 12.5 Å². The number of rotatable bonds is 4. The number of H-pyrrole nitrogens is 1. The number of aromatic nitrogens is 1. The van der Waals surface area contributed by atoms with Gasteiger partial charge in [0.05, 0.1) is 33.3 Å². The minimum atomic E-state index is -3.63. The Morgan fingerprint density at radius 1 is 1.44 bits per heavy atom. The first-order valence-electron chi connectivity index (χ1n) is 9.81. The molecule has 0 saturated carbocycles. The molecule has 0 aliphatic rings. The van der Waals surface area contributed by atoms with E-state index < -0.39 is 43.8 Å². The zero-order valence-electron chi connectivity index (χ0n) is 18.5. The van der Waals surface area contributed by atoms with Crippen LogP contribution >= 0.6 is 0 Å². The molecule has 2 N–H and O–H groups in total. The highest BCUT2D eigenvalue weighted by Crippen LogP contribution is 2.21. The molecular formula is C14H19N2O2+. The Labute approximate surface area is 119 Å². The lowest BCUT2D eigenvalue weighted by molar-refractivity contribution is -0.887. The number of fused-ring (bicyclic) bond motifs is 1. The molecule has 0 aliphatic heterocycles. The summed E-state index contributed by atoms with van der Waals surface area (Å²) in [6.45, 7) is -10.9. The van der Waals surface area contributed by atoms with Gasteiger partial charge < -0.3 is 14.6 Å².